The molecule has 0 spiro atoms. The van der Waals surface area contributed by atoms with E-state index in [1.54, 1.807) is 6.20 Å². The molecular weight excluding hydrogens is 298 g/mol. The second kappa shape index (κ2) is 7.19. The first kappa shape index (κ1) is 17.6. The number of nitrogens with zero attached hydrogens (tertiary/aromatic N) is 1. The number of aromatic nitrogens is 1. The van der Waals surface area contributed by atoms with Crippen LogP contribution in [0.4, 0.5) is 0 Å². The lowest BCUT2D eigenvalue weighted by molar-refractivity contribution is 0.557. The highest BCUT2D eigenvalue weighted by Gasteiger charge is 2.41. The molecule has 2 rings (SSSR count). The molecule has 0 saturated heterocycles. The minimum absolute atomic E-state index is 0.530. The Morgan fingerprint density at radius 2 is 1.48 bits per heavy atom. The van der Waals surface area contributed by atoms with Crippen molar-refractivity contribution in [2.24, 2.45) is 0 Å². The summed E-state index contributed by atoms with van der Waals surface area (Å²) in [6.07, 6.45) is 1.77. The van der Waals surface area contributed by atoms with Crippen LogP contribution in [0.3, 0.4) is 0 Å². The highest BCUT2D eigenvalue weighted by Crippen LogP contribution is 2.40. The SMILES string of the molecule is CC(C)[Si](C#Cc1ncc(-c2ccccc2)o1)(C(C)C)C(C)C. The summed E-state index contributed by atoms with van der Waals surface area (Å²) in [5.41, 5.74) is 6.51. The molecule has 2 nitrogen and oxygen atoms in total. The molecule has 122 valence electrons. The van der Waals surface area contributed by atoms with Crippen LogP contribution in [0.25, 0.3) is 11.3 Å². The van der Waals surface area contributed by atoms with E-state index in [1.165, 1.54) is 0 Å². The Balaban J connectivity index is 2.35. The van der Waals surface area contributed by atoms with E-state index in [4.69, 9.17) is 4.42 Å². The van der Waals surface area contributed by atoms with Crippen LogP contribution in [-0.2, 0) is 0 Å². The van der Waals surface area contributed by atoms with Gasteiger partial charge in [0.15, 0.2) is 5.76 Å². The van der Waals surface area contributed by atoms with Crippen LogP contribution in [0.1, 0.15) is 47.4 Å². The fraction of sp³-hybridized carbons (Fsp3) is 0.450. The van der Waals surface area contributed by atoms with E-state index < -0.39 is 8.07 Å². The van der Waals surface area contributed by atoms with Gasteiger partial charge in [-0.2, -0.15) is 0 Å². The fourth-order valence-corrected chi connectivity index (χ4v) is 8.85. The molecule has 3 heteroatoms. The maximum atomic E-state index is 5.84. The summed E-state index contributed by atoms with van der Waals surface area (Å²) in [6.45, 7) is 13.9. The van der Waals surface area contributed by atoms with E-state index in [-0.39, 0.29) is 0 Å². The zero-order chi connectivity index (χ0) is 17.0. The third kappa shape index (κ3) is 3.59. The Labute approximate surface area is 141 Å². The molecule has 0 radical (unpaired) electrons. The van der Waals surface area contributed by atoms with E-state index in [1.807, 2.05) is 30.3 Å². The first-order chi connectivity index (χ1) is 10.9. The first-order valence-electron chi connectivity index (χ1n) is 8.42. The van der Waals surface area contributed by atoms with Gasteiger partial charge in [0.05, 0.1) is 6.20 Å². The molecule has 2 aromatic rings. The van der Waals surface area contributed by atoms with Gasteiger partial charge in [0, 0.05) is 5.56 Å². The minimum atomic E-state index is -1.74. The molecule has 0 aliphatic heterocycles. The Morgan fingerprint density at radius 3 is 2.00 bits per heavy atom. The summed E-state index contributed by atoms with van der Waals surface area (Å²) in [5.74, 6) is 4.56. The van der Waals surface area contributed by atoms with Gasteiger partial charge in [-0.25, -0.2) is 4.98 Å². The van der Waals surface area contributed by atoms with Crippen molar-refractivity contribution in [3.8, 4) is 22.8 Å². The summed E-state index contributed by atoms with van der Waals surface area (Å²) in [7, 11) is -1.74. The van der Waals surface area contributed by atoms with Gasteiger partial charge in [-0.15, -0.1) is 5.54 Å². The van der Waals surface area contributed by atoms with Crippen LogP contribution in [0.5, 0.6) is 0 Å². The highest BCUT2D eigenvalue weighted by atomic mass is 28.3. The van der Waals surface area contributed by atoms with Crippen molar-refractivity contribution in [1.82, 2.24) is 4.98 Å². The lowest BCUT2D eigenvalue weighted by Gasteiger charge is -2.37. The monoisotopic (exact) mass is 325 g/mol. The smallest absolute Gasteiger partial charge is 0.273 e. The molecule has 1 aromatic carbocycles. The van der Waals surface area contributed by atoms with Crippen molar-refractivity contribution in [1.29, 1.82) is 0 Å². The Hall–Kier alpha value is -1.79. The number of rotatable bonds is 4. The lowest BCUT2D eigenvalue weighted by Crippen LogP contribution is -2.43. The van der Waals surface area contributed by atoms with Crippen LogP contribution in [0, 0.1) is 11.5 Å². The topological polar surface area (TPSA) is 26.0 Å². The fourth-order valence-electron chi connectivity index (χ4n) is 3.66. The molecule has 0 bridgehead atoms. The van der Waals surface area contributed by atoms with Gasteiger partial charge in [-0.05, 0) is 22.5 Å². The predicted molar refractivity (Wildman–Crippen MR) is 99.9 cm³/mol. The van der Waals surface area contributed by atoms with Gasteiger partial charge in [0.1, 0.15) is 8.07 Å². The van der Waals surface area contributed by atoms with Crippen molar-refractivity contribution in [3.05, 3.63) is 42.4 Å². The first-order valence-corrected chi connectivity index (χ1v) is 10.7. The number of oxazole rings is 1. The zero-order valence-electron chi connectivity index (χ0n) is 15.1. The number of benzene rings is 1. The van der Waals surface area contributed by atoms with Gasteiger partial charge in [0.2, 0.25) is 0 Å². The Bertz CT molecular complexity index is 667. The van der Waals surface area contributed by atoms with Crippen LogP contribution >= 0.6 is 0 Å². The van der Waals surface area contributed by atoms with Gasteiger partial charge < -0.3 is 4.42 Å². The number of hydrogen-bond donors (Lipinski definition) is 0. The molecule has 1 aromatic heterocycles. The molecule has 23 heavy (non-hydrogen) atoms. The quantitative estimate of drug-likeness (QED) is 0.516. The van der Waals surface area contributed by atoms with Gasteiger partial charge in [0.25, 0.3) is 5.89 Å². The number of hydrogen-bond acceptors (Lipinski definition) is 2. The van der Waals surface area contributed by atoms with Gasteiger partial charge in [-0.1, -0.05) is 71.9 Å². The normalized spacial score (nSPS) is 11.9. The van der Waals surface area contributed by atoms with Crippen molar-refractivity contribution < 1.29 is 4.42 Å². The zero-order valence-corrected chi connectivity index (χ0v) is 16.1. The third-order valence-corrected chi connectivity index (χ3v) is 11.1. The van der Waals surface area contributed by atoms with Crippen molar-refractivity contribution in [2.75, 3.05) is 0 Å². The lowest BCUT2D eigenvalue weighted by atomic mass is 10.2. The molecule has 0 atom stereocenters. The van der Waals surface area contributed by atoms with Crippen molar-refractivity contribution >= 4 is 8.07 Å². The standard InChI is InChI=1S/C20H27NOSi/c1-15(2)23(16(3)4,17(5)6)13-12-20-21-14-19(22-20)18-10-8-7-9-11-18/h7-11,14-17H,1-6H3. The molecule has 0 amide bonds. The van der Waals surface area contributed by atoms with E-state index in [0.717, 1.165) is 11.3 Å². The average Bonchev–Trinajstić information content (AvgIpc) is 2.96. The van der Waals surface area contributed by atoms with Crippen molar-refractivity contribution in [2.45, 2.75) is 58.2 Å². The highest BCUT2D eigenvalue weighted by molar-refractivity contribution is 6.90. The summed E-state index contributed by atoms with van der Waals surface area (Å²) in [6, 6.07) is 10.0. The van der Waals surface area contributed by atoms with Gasteiger partial charge >= 0.3 is 0 Å². The molecule has 0 aliphatic carbocycles. The Morgan fingerprint density at radius 1 is 0.913 bits per heavy atom. The van der Waals surface area contributed by atoms with E-state index in [0.29, 0.717) is 22.5 Å². The van der Waals surface area contributed by atoms with Crippen LogP contribution in [-0.4, -0.2) is 13.1 Å². The summed E-state index contributed by atoms with van der Waals surface area (Å²) >= 11 is 0. The van der Waals surface area contributed by atoms with Crippen LogP contribution in [0.15, 0.2) is 40.9 Å². The van der Waals surface area contributed by atoms with Crippen molar-refractivity contribution in [3.63, 3.8) is 0 Å². The molecule has 1 heterocycles. The molecule has 0 fully saturated rings. The Kier molecular flexibility index (Phi) is 5.49. The maximum absolute atomic E-state index is 5.84. The summed E-state index contributed by atoms with van der Waals surface area (Å²) in [4.78, 5) is 4.36. The minimum Gasteiger partial charge on any atom is -0.430 e. The van der Waals surface area contributed by atoms with E-state index >= 15 is 0 Å². The molecule has 0 N–H and O–H groups in total. The summed E-state index contributed by atoms with van der Waals surface area (Å²) < 4.78 is 5.84. The third-order valence-electron chi connectivity index (χ3n) is 4.82. The second-order valence-electron chi connectivity index (χ2n) is 7.04. The maximum Gasteiger partial charge on any atom is 0.273 e. The molecule has 0 aliphatic rings. The molecule has 0 unspecified atom stereocenters. The van der Waals surface area contributed by atoms with Crippen LogP contribution < -0.4 is 0 Å². The van der Waals surface area contributed by atoms with E-state index in [9.17, 15) is 0 Å². The predicted octanol–water partition coefficient (Wildman–Crippen LogP) is 5.91. The largest absolute Gasteiger partial charge is 0.430 e. The molecular formula is C20H27NOSi. The molecule has 0 saturated carbocycles. The summed E-state index contributed by atoms with van der Waals surface area (Å²) in [5, 5.41) is 0. The van der Waals surface area contributed by atoms with E-state index in [2.05, 4.69) is 58.0 Å². The second-order valence-corrected chi connectivity index (χ2v) is 12.6. The van der Waals surface area contributed by atoms with Gasteiger partial charge in [-0.3, -0.25) is 0 Å². The van der Waals surface area contributed by atoms with Crippen LogP contribution in [0.2, 0.25) is 16.6 Å². The average molecular weight is 326 g/mol.